The predicted molar refractivity (Wildman–Crippen MR) is 93.9 cm³/mol. The Morgan fingerprint density at radius 2 is 2.14 bits per heavy atom. The average Bonchev–Trinajstić information content (AvgIpc) is 2.87. The number of hydrogen-bond donors (Lipinski definition) is 0. The minimum absolute atomic E-state index is 0.777. The van der Waals surface area contributed by atoms with E-state index in [0.29, 0.717) is 0 Å². The number of aromatic nitrogens is 1. The highest BCUT2D eigenvalue weighted by atomic mass is 79.9. The van der Waals surface area contributed by atoms with Crippen molar-refractivity contribution in [3.63, 3.8) is 0 Å². The van der Waals surface area contributed by atoms with Gasteiger partial charge in [0.05, 0.1) is 9.30 Å². The summed E-state index contributed by atoms with van der Waals surface area (Å²) >= 11 is 11.6. The number of rotatable bonds is 4. The third-order valence-electron chi connectivity index (χ3n) is 3.32. The molecule has 0 spiro atoms. The summed E-state index contributed by atoms with van der Waals surface area (Å²) in [6.45, 7) is 1.67. The van der Waals surface area contributed by atoms with Gasteiger partial charge in [-0.05, 0) is 52.1 Å². The molecular formula is C16H14BrClN2S. The Kier molecular flexibility index (Phi) is 4.60. The lowest BCUT2D eigenvalue weighted by atomic mass is 10.1. The van der Waals surface area contributed by atoms with Crippen molar-refractivity contribution in [2.24, 2.45) is 0 Å². The van der Waals surface area contributed by atoms with Crippen LogP contribution >= 0.6 is 38.9 Å². The van der Waals surface area contributed by atoms with E-state index in [1.165, 1.54) is 5.56 Å². The summed E-state index contributed by atoms with van der Waals surface area (Å²) in [5, 5.41) is 4.08. The molecule has 1 aromatic carbocycles. The van der Waals surface area contributed by atoms with E-state index < -0.39 is 0 Å². The lowest BCUT2D eigenvalue weighted by Gasteiger charge is -2.18. The second-order valence-corrected chi connectivity index (χ2v) is 7.73. The molecule has 0 bridgehead atoms. The van der Waals surface area contributed by atoms with Crippen LogP contribution in [0.5, 0.6) is 0 Å². The zero-order valence-electron chi connectivity index (χ0n) is 11.5. The topological polar surface area (TPSA) is 16.1 Å². The van der Waals surface area contributed by atoms with Crippen LogP contribution in [-0.4, -0.2) is 16.9 Å². The molecule has 0 aliphatic rings. The lowest BCUT2D eigenvalue weighted by Crippen LogP contribution is -2.17. The molecule has 0 radical (unpaired) electrons. The monoisotopic (exact) mass is 380 g/mol. The maximum absolute atomic E-state index is 6.38. The number of fused-ring (bicyclic) bond motifs is 1. The van der Waals surface area contributed by atoms with Gasteiger partial charge in [0.2, 0.25) is 0 Å². The molecule has 0 atom stereocenters. The van der Waals surface area contributed by atoms with Gasteiger partial charge in [-0.2, -0.15) is 0 Å². The number of thiophene rings is 1. The van der Waals surface area contributed by atoms with E-state index in [1.807, 2.05) is 24.4 Å². The molecule has 0 aliphatic heterocycles. The van der Waals surface area contributed by atoms with Crippen LogP contribution in [0.1, 0.15) is 11.1 Å². The summed E-state index contributed by atoms with van der Waals surface area (Å²) in [6, 6.07) is 10.1. The Balaban J connectivity index is 1.85. The van der Waals surface area contributed by atoms with E-state index in [2.05, 4.69) is 50.4 Å². The molecule has 2 heterocycles. The Bertz CT molecular complexity index is 772. The fourth-order valence-electron chi connectivity index (χ4n) is 2.40. The minimum Gasteiger partial charge on any atom is -0.298 e. The summed E-state index contributed by atoms with van der Waals surface area (Å²) in [6.07, 6.45) is 1.82. The summed E-state index contributed by atoms with van der Waals surface area (Å²) in [7, 11) is 2.10. The SMILES string of the molecule is CN(Cc1csc(Br)c1)Cc1c(Cl)ccc2cccnc12. The van der Waals surface area contributed by atoms with Crippen LogP contribution in [0.4, 0.5) is 0 Å². The molecule has 0 saturated heterocycles. The van der Waals surface area contributed by atoms with Crippen LogP contribution in [0, 0.1) is 0 Å². The first kappa shape index (κ1) is 15.0. The highest BCUT2D eigenvalue weighted by Crippen LogP contribution is 2.27. The number of benzene rings is 1. The summed E-state index contributed by atoms with van der Waals surface area (Å²) in [5.74, 6) is 0. The summed E-state index contributed by atoms with van der Waals surface area (Å²) in [4.78, 5) is 6.74. The fraction of sp³-hybridized carbons (Fsp3) is 0.188. The summed E-state index contributed by atoms with van der Waals surface area (Å²) in [5.41, 5.74) is 3.38. The number of hydrogen-bond acceptors (Lipinski definition) is 3. The Morgan fingerprint density at radius 3 is 2.90 bits per heavy atom. The van der Waals surface area contributed by atoms with E-state index in [9.17, 15) is 0 Å². The van der Waals surface area contributed by atoms with Gasteiger partial charge in [0.15, 0.2) is 0 Å². The zero-order chi connectivity index (χ0) is 14.8. The third-order valence-corrected chi connectivity index (χ3v) is 5.23. The average molecular weight is 382 g/mol. The molecule has 0 fully saturated rings. The van der Waals surface area contributed by atoms with Gasteiger partial charge in [0, 0.05) is 35.3 Å². The molecule has 2 aromatic heterocycles. The van der Waals surface area contributed by atoms with Gasteiger partial charge in [-0.3, -0.25) is 9.88 Å². The normalized spacial score (nSPS) is 11.4. The molecule has 5 heteroatoms. The van der Waals surface area contributed by atoms with Crippen LogP contribution in [0.3, 0.4) is 0 Å². The van der Waals surface area contributed by atoms with Gasteiger partial charge in [-0.1, -0.05) is 23.7 Å². The van der Waals surface area contributed by atoms with Crippen molar-refractivity contribution in [1.82, 2.24) is 9.88 Å². The molecule has 108 valence electrons. The van der Waals surface area contributed by atoms with Crippen LogP contribution < -0.4 is 0 Å². The first-order valence-corrected chi connectivity index (χ1v) is 8.62. The lowest BCUT2D eigenvalue weighted by molar-refractivity contribution is 0.320. The molecule has 0 unspecified atom stereocenters. The van der Waals surface area contributed by atoms with Gasteiger partial charge < -0.3 is 0 Å². The molecule has 2 nitrogen and oxygen atoms in total. The van der Waals surface area contributed by atoms with Crippen molar-refractivity contribution in [2.75, 3.05) is 7.05 Å². The first-order valence-electron chi connectivity index (χ1n) is 6.57. The second-order valence-electron chi connectivity index (χ2n) is 5.03. The molecule has 21 heavy (non-hydrogen) atoms. The maximum atomic E-state index is 6.38. The van der Waals surface area contributed by atoms with Crippen LogP contribution in [0.25, 0.3) is 10.9 Å². The van der Waals surface area contributed by atoms with E-state index in [4.69, 9.17) is 11.6 Å². The van der Waals surface area contributed by atoms with Gasteiger partial charge in [-0.25, -0.2) is 0 Å². The molecule has 0 N–H and O–H groups in total. The van der Waals surface area contributed by atoms with Crippen molar-refractivity contribution in [3.05, 3.63) is 61.8 Å². The molecular weight excluding hydrogens is 368 g/mol. The Hall–Kier alpha value is -0.940. The number of pyridine rings is 1. The molecule has 0 amide bonds. The Labute approximate surface area is 141 Å². The molecule has 0 saturated carbocycles. The molecule has 3 aromatic rings. The van der Waals surface area contributed by atoms with Gasteiger partial charge in [0.25, 0.3) is 0 Å². The van der Waals surface area contributed by atoms with Gasteiger partial charge >= 0.3 is 0 Å². The van der Waals surface area contributed by atoms with E-state index in [0.717, 1.165) is 38.4 Å². The smallest absolute Gasteiger partial charge is 0.0761 e. The van der Waals surface area contributed by atoms with Crippen LogP contribution in [-0.2, 0) is 13.1 Å². The highest BCUT2D eigenvalue weighted by Gasteiger charge is 2.11. The van der Waals surface area contributed by atoms with Crippen molar-refractivity contribution in [1.29, 1.82) is 0 Å². The molecule has 3 rings (SSSR count). The van der Waals surface area contributed by atoms with Gasteiger partial charge in [0.1, 0.15) is 0 Å². The zero-order valence-corrected chi connectivity index (χ0v) is 14.7. The van der Waals surface area contributed by atoms with E-state index >= 15 is 0 Å². The quantitative estimate of drug-likeness (QED) is 0.606. The van der Waals surface area contributed by atoms with Crippen molar-refractivity contribution >= 4 is 49.8 Å². The standard InChI is InChI=1S/C16H14BrClN2S/c1-20(8-11-7-15(17)21-10-11)9-13-14(18)5-4-12-3-2-6-19-16(12)13/h2-7,10H,8-9H2,1H3. The maximum Gasteiger partial charge on any atom is 0.0761 e. The second kappa shape index (κ2) is 6.44. The Morgan fingerprint density at radius 1 is 1.29 bits per heavy atom. The van der Waals surface area contributed by atoms with Crippen molar-refractivity contribution in [2.45, 2.75) is 13.1 Å². The van der Waals surface area contributed by atoms with Crippen LogP contribution in [0.15, 0.2) is 45.7 Å². The van der Waals surface area contributed by atoms with Crippen molar-refractivity contribution in [3.8, 4) is 0 Å². The van der Waals surface area contributed by atoms with Crippen molar-refractivity contribution < 1.29 is 0 Å². The van der Waals surface area contributed by atoms with Gasteiger partial charge in [-0.15, -0.1) is 11.3 Å². The number of nitrogens with zero attached hydrogens (tertiary/aromatic N) is 2. The third kappa shape index (κ3) is 3.46. The largest absolute Gasteiger partial charge is 0.298 e. The van der Waals surface area contributed by atoms with E-state index in [-0.39, 0.29) is 0 Å². The highest BCUT2D eigenvalue weighted by molar-refractivity contribution is 9.11. The summed E-state index contributed by atoms with van der Waals surface area (Å²) < 4.78 is 1.16. The van der Waals surface area contributed by atoms with E-state index in [1.54, 1.807) is 11.3 Å². The fourth-order valence-corrected chi connectivity index (χ4v) is 3.81. The van der Waals surface area contributed by atoms with Crippen LogP contribution in [0.2, 0.25) is 5.02 Å². The minimum atomic E-state index is 0.777. The first-order chi connectivity index (χ1) is 10.1. The molecule has 0 aliphatic carbocycles. The number of halogens is 2. The predicted octanol–water partition coefficient (Wildman–Crippen LogP) is 5.34.